The Morgan fingerprint density at radius 3 is 3.11 bits per heavy atom. The van der Waals surface area contributed by atoms with Crippen LogP contribution in [0.3, 0.4) is 0 Å². The second-order valence-electron chi connectivity index (χ2n) is 1.61. The average Bonchev–Trinajstić information content (AvgIpc) is 2.17. The van der Waals surface area contributed by atoms with E-state index in [2.05, 4.69) is 17.2 Å². The molecule has 0 aliphatic carbocycles. The van der Waals surface area contributed by atoms with Crippen molar-refractivity contribution in [3.63, 3.8) is 0 Å². The fraction of sp³-hybridized carbons (Fsp3) is 0.400. The molecule has 0 saturated heterocycles. The van der Waals surface area contributed by atoms with E-state index in [1.54, 1.807) is 13.4 Å². The second-order valence-corrected chi connectivity index (χ2v) is 1.98. The van der Waals surface area contributed by atoms with Crippen LogP contribution in [0.1, 0.15) is 5.69 Å². The van der Waals surface area contributed by atoms with Gasteiger partial charge in [0.15, 0.2) is 0 Å². The molecule has 0 spiro atoms. The van der Waals surface area contributed by atoms with Crippen molar-refractivity contribution in [3.05, 3.63) is 16.8 Å². The van der Waals surface area contributed by atoms with Crippen molar-refractivity contribution in [2.75, 3.05) is 7.11 Å². The molecular weight excluding hydrogens is 138 g/mol. The first-order valence-corrected chi connectivity index (χ1v) is 2.89. The molecule has 0 amide bonds. The smallest absolute Gasteiger partial charge is 0.266 e. The molecule has 0 radical (unpaired) electrons. The third-order valence-electron chi connectivity index (χ3n) is 0.871. The monoisotopic (exact) mass is 145 g/mol. The quantitative estimate of drug-likeness (QED) is 0.640. The Kier molecular flexibility index (Phi) is 2.02. The topological polar surface area (TPSA) is 38.2 Å². The lowest BCUT2D eigenvalue weighted by atomic mass is 10.5. The maximum Gasteiger partial charge on any atom is 0.266 e. The highest BCUT2D eigenvalue weighted by atomic mass is 32.1. The molecule has 9 heavy (non-hydrogen) atoms. The third kappa shape index (κ3) is 1.65. The number of aromatic nitrogens is 1. The molecule has 0 aliphatic heterocycles. The minimum absolute atomic E-state index is 0.391. The van der Waals surface area contributed by atoms with Crippen LogP contribution < -0.4 is 0 Å². The van der Waals surface area contributed by atoms with Gasteiger partial charge in [0.2, 0.25) is 0 Å². The maximum absolute atomic E-state index is 4.80. The number of ether oxygens (including phenoxy) is 1. The zero-order valence-electron chi connectivity index (χ0n) is 5.01. The number of hydrogen-bond donors (Lipinski definition) is 1. The lowest BCUT2D eigenvalue weighted by Crippen LogP contribution is -1.85. The molecule has 1 aromatic rings. The molecule has 0 aromatic carbocycles. The summed E-state index contributed by atoms with van der Waals surface area (Å²) in [6.45, 7) is 0.514. The first-order chi connectivity index (χ1) is 4.33. The predicted molar refractivity (Wildman–Crippen MR) is 34.6 cm³/mol. The zero-order valence-corrected chi connectivity index (χ0v) is 5.83. The third-order valence-corrected chi connectivity index (χ3v) is 1.07. The van der Waals surface area contributed by atoms with E-state index >= 15 is 0 Å². The van der Waals surface area contributed by atoms with E-state index in [1.165, 1.54) is 0 Å². The van der Waals surface area contributed by atoms with Crippen molar-refractivity contribution < 1.29 is 9.15 Å². The number of methoxy groups -OCH3 is 1. The first kappa shape index (κ1) is 6.51. The summed E-state index contributed by atoms with van der Waals surface area (Å²) in [5.41, 5.74) is 0.863. The largest absolute Gasteiger partial charge is 0.438 e. The van der Waals surface area contributed by atoms with Crippen LogP contribution in [0.25, 0.3) is 0 Å². The van der Waals surface area contributed by atoms with Gasteiger partial charge in [-0.3, -0.25) is 0 Å². The van der Waals surface area contributed by atoms with Crippen molar-refractivity contribution >= 4 is 12.2 Å². The number of aromatic amines is 1. The molecule has 4 heteroatoms. The van der Waals surface area contributed by atoms with Gasteiger partial charge in [0.1, 0.15) is 6.26 Å². The summed E-state index contributed by atoms with van der Waals surface area (Å²) in [6, 6.07) is 0. The van der Waals surface area contributed by atoms with Crippen molar-refractivity contribution in [1.82, 2.24) is 4.98 Å². The highest BCUT2D eigenvalue weighted by Gasteiger charge is 1.91. The molecule has 0 saturated carbocycles. The Morgan fingerprint density at radius 1 is 1.89 bits per heavy atom. The van der Waals surface area contributed by atoms with Crippen molar-refractivity contribution in [1.29, 1.82) is 0 Å². The molecule has 0 unspecified atom stereocenters. The SMILES string of the molecule is COCc1coc(=S)[nH]1. The van der Waals surface area contributed by atoms with Gasteiger partial charge in [-0.25, -0.2) is 0 Å². The van der Waals surface area contributed by atoms with Gasteiger partial charge in [-0.1, -0.05) is 0 Å². The van der Waals surface area contributed by atoms with E-state index in [-0.39, 0.29) is 0 Å². The first-order valence-electron chi connectivity index (χ1n) is 2.48. The van der Waals surface area contributed by atoms with Crippen LogP contribution >= 0.6 is 12.2 Å². The lowest BCUT2D eigenvalue weighted by molar-refractivity contribution is 0.181. The van der Waals surface area contributed by atoms with Crippen molar-refractivity contribution in [3.8, 4) is 0 Å². The number of rotatable bonds is 2. The minimum atomic E-state index is 0.391. The van der Waals surface area contributed by atoms with Crippen LogP contribution in [0.4, 0.5) is 0 Å². The Hall–Kier alpha value is -0.610. The van der Waals surface area contributed by atoms with Crippen molar-refractivity contribution in [2.45, 2.75) is 6.61 Å². The predicted octanol–water partition coefficient (Wildman–Crippen LogP) is 1.48. The Balaban J connectivity index is 2.73. The van der Waals surface area contributed by atoms with Crippen molar-refractivity contribution in [2.24, 2.45) is 0 Å². The summed E-state index contributed by atoms with van der Waals surface area (Å²) in [5.74, 6) is 0. The van der Waals surface area contributed by atoms with Gasteiger partial charge in [0.25, 0.3) is 4.84 Å². The van der Waals surface area contributed by atoms with E-state index in [1.807, 2.05) is 0 Å². The molecule has 50 valence electrons. The fourth-order valence-corrected chi connectivity index (χ4v) is 0.719. The molecule has 0 fully saturated rings. The molecule has 1 rings (SSSR count). The van der Waals surface area contributed by atoms with Crippen LogP contribution in [0.2, 0.25) is 0 Å². The number of oxazole rings is 1. The van der Waals surface area contributed by atoms with Crippen LogP contribution in [0.15, 0.2) is 10.7 Å². The summed E-state index contributed by atoms with van der Waals surface area (Å²) in [5, 5.41) is 0. The maximum atomic E-state index is 4.80. The van der Waals surface area contributed by atoms with E-state index in [0.717, 1.165) is 5.69 Å². The van der Waals surface area contributed by atoms with Gasteiger partial charge in [-0.15, -0.1) is 0 Å². The summed E-state index contributed by atoms with van der Waals surface area (Å²) in [4.78, 5) is 3.19. The standard InChI is InChI=1S/C5H7NO2S/c1-7-2-4-3-8-5(9)6-4/h3H,2H2,1H3,(H,6,9). The zero-order chi connectivity index (χ0) is 6.69. The van der Waals surface area contributed by atoms with E-state index in [0.29, 0.717) is 11.4 Å². The van der Waals surface area contributed by atoms with E-state index < -0.39 is 0 Å². The molecular formula is C5H7NO2S. The number of nitrogens with one attached hydrogen (secondary N) is 1. The number of H-pyrrole nitrogens is 1. The van der Waals surface area contributed by atoms with Gasteiger partial charge < -0.3 is 14.1 Å². The summed E-state index contributed by atoms with van der Waals surface area (Å²) < 4.78 is 9.60. The molecule has 0 atom stereocenters. The Labute approximate surface area is 57.6 Å². The average molecular weight is 145 g/mol. The highest BCUT2D eigenvalue weighted by Crippen LogP contribution is 1.97. The Bertz CT molecular complexity index is 227. The molecule has 0 aliphatic rings. The van der Waals surface area contributed by atoms with E-state index in [9.17, 15) is 0 Å². The van der Waals surface area contributed by atoms with Crippen LogP contribution in [-0.2, 0) is 11.3 Å². The Morgan fingerprint density at radius 2 is 2.67 bits per heavy atom. The summed E-state index contributed by atoms with van der Waals surface area (Å²) in [7, 11) is 1.61. The lowest BCUT2D eigenvalue weighted by Gasteiger charge is -1.88. The van der Waals surface area contributed by atoms with Gasteiger partial charge in [0, 0.05) is 7.11 Å². The molecule has 0 bridgehead atoms. The van der Waals surface area contributed by atoms with Gasteiger partial charge in [0.05, 0.1) is 12.3 Å². The van der Waals surface area contributed by atoms with Gasteiger partial charge >= 0.3 is 0 Å². The normalized spacial score (nSPS) is 9.89. The minimum Gasteiger partial charge on any atom is -0.438 e. The highest BCUT2D eigenvalue weighted by molar-refractivity contribution is 7.71. The fourth-order valence-electron chi connectivity index (χ4n) is 0.540. The van der Waals surface area contributed by atoms with Crippen LogP contribution in [-0.4, -0.2) is 12.1 Å². The summed E-state index contributed by atoms with van der Waals surface area (Å²) >= 11 is 4.67. The van der Waals surface area contributed by atoms with Gasteiger partial charge in [-0.2, -0.15) is 0 Å². The number of hydrogen-bond acceptors (Lipinski definition) is 3. The van der Waals surface area contributed by atoms with Gasteiger partial charge in [-0.05, 0) is 12.2 Å². The van der Waals surface area contributed by atoms with Crippen LogP contribution in [0, 0.1) is 4.84 Å². The summed E-state index contributed by atoms with van der Waals surface area (Å²) in [6.07, 6.45) is 1.55. The van der Waals surface area contributed by atoms with Crippen LogP contribution in [0.5, 0.6) is 0 Å². The molecule has 3 nitrogen and oxygen atoms in total. The molecule has 1 heterocycles. The second kappa shape index (κ2) is 2.80. The molecule has 1 N–H and O–H groups in total. The molecule has 1 aromatic heterocycles. The van der Waals surface area contributed by atoms with E-state index in [4.69, 9.17) is 9.15 Å².